The zero-order valence-electron chi connectivity index (χ0n) is 17.5. The minimum Gasteiger partial charge on any atom is -0.360 e. The predicted molar refractivity (Wildman–Crippen MR) is 109 cm³/mol. The van der Waals surface area contributed by atoms with Crippen LogP contribution in [-0.4, -0.2) is 36.9 Å². The molecule has 2 aromatic rings. The smallest absolute Gasteiger partial charge is 0.248 e. The summed E-state index contributed by atoms with van der Waals surface area (Å²) >= 11 is 0. The van der Waals surface area contributed by atoms with Gasteiger partial charge >= 0.3 is 0 Å². The van der Waals surface area contributed by atoms with Crippen LogP contribution in [0.2, 0.25) is 0 Å². The first-order valence-corrected chi connectivity index (χ1v) is 11.6. The molecule has 1 amide bonds. The summed E-state index contributed by atoms with van der Waals surface area (Å²) in [6, 6.07) is 6.01. The van der Waals surface area contributed by atoms with Crippen molar-refractivity contribution >= 4 is 15.9 Å². The molecule has 1 aromatic heterocycles. The molecule has 7 nitrogen and oxygen atoms in total. The number of rotatable bonds is 7. The zero-order chi connectivity index (χ0) is 21.9. The van der Waals surface area contributed by atoms with E-state index in [2.05, 4.69) is 10.5 Å². The molecule has 0 aliphatic carbocycles. The molecule has 30 heavy (non-hydrogen) atoms. The number of piperidine rings is 1. The molecule has 0 unspecified atom stereocenters. The van der Waals surface area contributed by atoms with Gasteiger partial charge in [0.2, 0.25) is 15.9 Å². The van der Waals surface area contributed by atoms with Gasteiger partial charge in [-0.15, -0.1) is 0 Å². The topological polar surface area (TPSA) is 92.5 Å². The van der Waals surface area contributed by atoms with E-state index in [4.69, 9.17) is 4.52 Å². The van der Waals surface area contributed by atoms with Crippen LogP contribution < -0.4 is 5.32 Å². The van der Waals surface area contributed by atoms with Gasteiger partial charge in [0.25, 0.3) is 0 Å². The number of carbonyl (C=O) groups is 1. The first-order valence-electron chi connectivity index (χ1n) is 10.2. The molecule has 0 saturated carbocycles. The number of carbonyl (C=O) groups excluding carboxylic acids is 1. The Balaban J connectivity index is 1.60. The van der Waals surface area contributed by atoms with E-state index in [0.717, 1.165) is 12.0 Å². The number of benzene rings is 1. The fourth-order valence-corrected chi connectivity index (χ4v) is 5.88. The van der Waals surface area contributed by atoms with Crippen molar-refractivity contribution in [1.29, 1.82) is 0 Å². The SMILES string of the molecule is CC[C@@H]1CN(S(=O)(=O)c2c(C)noc2C)CC[C@H]1CC(=O)NCc1ccc(F)cc1. The number of nitrogens with one attached hydrogen (secondary N) is 1. The third-order valence-corrected chi connectivity index (χ3v) is 7.91. The second kappa shape index (κ2) is 9.26. The lowest BCUT2D eigenvalue weighted by Gasteiger charge is -2.37. The van der Waals surface area contributed by atoms with Crippen molar-refractivity contribution in [3.05, 3.63) is 47.1 Å². The molecule has 1 fully saturated rings. The Morgan fingerprint density at radius 2 is 1.97 bits per heavy atom. The average Bonchev–Trinajstić information content (AvgIpc) is 3.06. The highest BCUT2D eigenvalue weighted by Crippen LogP contribution is 2.33. The van der Waals surface area contributed by atoms with Crippen LogP contribution in [0.25, 0.3) is 0 Å². The van der Waals surface area contributed by atoms with Crippen LogP contribution >= 0.6 is 0 Å². The summed E-state index contributed by atoms with van der Waals surface area (Å²) in [7, 11) is -3.68. The van der Waals surface area contributed by atoms with Crippen LogP contribution in [0.4, 0.5) is 4.39 Å². The molecule has 0 radical (unpaired) electrons. The number of aromatic nitrogens is 1. The van der Waals surface area contributed by atoms with Gasteiger partial charge in [-0.2, -0.15) is 4.31 Å². The van der Waals surface area contributed by atoms with E-state index in [1.165, 1.54) is 16.4 Å². The highest BCUT2D eigenvalue weighted by atomic mass is 32.2. The van der Waals surface area contributed by atoms with Crippen LogP contribution in [-0.2, 0) is 21.4 Å². The van der Waals surface area contributed by atoms with Crippen LogP contribution in [0.1, 0.15) is 43.2 Å². The second-order valence-corrected chi connectivity index (χ2v) is 9.72. The van der Waals surface area contributed by atoms with Crippen molar-refractivity contribution < 1.29 is 22.1 Å². The third-order valence-electron chi connectivity index (χ3n) is 5.79. The number of aryl methyl sites for hydroxylation is 2. The van der Waals surface area contributed by atoms with Crippen LogP contribution in [0.3, 0.4) is 0 Å². The molecule has 9 heteroatoms. The summed E-state index contributed by atoms with van der Waals surface area (Å²) in [5.41, 5.74) is 1.19. The zero-order valence-corrected chi connectivity index (χ0v) is 18.3. The van der Waals surface area contributed by atoms with Gasteiger partial charge < -0.3 is 9.84 Å². The molecule has 0 bridgehead atoms. The van der Waals surface area contributed by atoms with E-state index in [1.54, 1.807) is 26.0 Å². The van der Waals surface area contributed by atoms with Gasteiger partial charge in [0.1, 0.15) is 16.4 Å². The Morgan fingerprint density at radius 3 is 2.57 bits per heavy atom. The van der Waals surface area contributed by atoms with E-state index in [0.29, 0.717) is 43.9 Å². The number of amides is 1. The van der Waals surface area contributed by atoms with Gasteiger partial charge in [0.15, 0.2) is 5.76 Å². The lowest BCUT2D eigenvalue weighted by Crippen LogP contribution is -2.45. The lowest BCUT2D eigenvalue weighted by atomic mass is 9.82. The normalized spacial score (nSPS) is 20.3. The molecule has 2 heterocycles. The van der Waals surface area contributed by atoms with Crippen molar-refractivity contribution in [1.82, 2.24) is 14.8 Å². The molecule has 1 aromatic carbocycles. The Morgan fingerprint density at radius 1 is 1.27 bits per heavy atom. The Kier molecular flexibility index (Phi) is 6.92. The highest BCUT2D eigenvalue weighted by molar-refractivity contribution is 7.89. The quantitative estimate of drug-likeness (QED) is 0.718. The molecule has 1 saturated heterocycles. The molecule has 3 rings (SSSR count). The number of halogens is 1. The summed E-state index contributed by atoms with van der Waals surface area (Å²) in [5.74, 6) is 0.103. The van der Waals surface area contributed by atoms with Gasteiger partial charge in [-0.1, -0.05) is 30.6 Å². The third kappa shape index (κ3) is 4.89. The first kappa shape index (κ1) is 22.4. The van der Waals surface area contributed by atoms with Gasteiger partial charge in [0.05, 0.1) is 0 Å². The van der Waals surface area contributed by atoms with Crippen LogP contribution in [0, 0.1) is 31.5 Å². The van der Waals surface area contributed by atoms with Gasteiger partial charge in [-0.3, -0.25) is 4.79 Å². The van der Waals surface area contributed by atoms with Crippen molar-refractivity contribution in [3.63, 3.8) is 0 Å². The summed E-state index contributed by atoms with van der Waals surface area (Å²) in [6.45, 7) is 6.31. The lowest BCUT2D eigenvalue weighted by molar-refractivity contribution is -0.122. The summed E-state index contributed by atoms with van der Waals surface area (Å²) in [4.78, 5) is 12.6. The molecular weight excluding hydrogens is 409 g/mol. The number of hydrogen-bond acceptors (Lipinski definition) is 5. The van der Waals surface area contributed by atoms with E-state index in [9.17, 15) is 17.6 Å². The summed E-state index contributed by atoms with van der Waals surface area (Å²) < 4.78 is 45.7. The molecule has 0 spiro atoms. The van der Waals surface area contributed by atoms with Crippen LogP contribution in [0.5, 0.6) is 0 Å². The number of nitrogens with zero attached hydrogens (tertiary/aromatic N) is 2. The Bertz CT molecular complexity index is 969. The standard InChI is InChI=1S/C21H28FN3O4S/c1-4-17-13-25(30(27,28)21-14(2)24-29-15(21)3)10-9-18(17)11-20(26)23-12-16-5-7-19(22)8-6-16/h5-8,17-18H,4,9-13H2,1-3H3,(H,23,26)/t17-,18+/m1/s1. The Hall–Kier alpha value is -2.26. The molecule has 164 valence electrons. The van der Waals surface area contributed by atoms with Crippen molar-refractivity contribution in [2.75, 3.05) is 13.1 Å². The first-order chi connectivity index (χ1) is 14.2. The van der Waals surface area contributed by atoms with Crippen molar-refractivity contribution in [2.45, 2.75) is 51.5 Å². The fourth-order valence-electron chi connectivity index (χ4n) is 4.08. The minimum absolute atomic E-state index is 0.0789. The second-order valence-electron chi connectivity index (χ2n) is 7.84. The van der Waals surface area contributed by atoms with Crippen LogP contribution in [0.15, 0.2) is 33.7 Å². The minimum atomic E-state index is -3.68. The number of sulfonamides is 1. The van der Waals surface area contributed by atoms with E-state index in [-0.39, 0.29) is 28.5 Å². The maximum Gasteiger partial charge on any atom is 0.248 e. The van der Waals surface area contributed by atoms with E-state index < -0.39 is 10.0 Å². The molecule has 1 aliphatic heterocycles. The average molecular weight is 438 g/mol. The fraction of sp³-hybridized carbons (Fsp3) is 0.524. The molecule has 2 atom stereocenters. The van der Waals surface area contributed by atoms with E-state index >= 15 is 0 Å². The van der Waals surface area contributed by atoms with Crippen molar-refractivity contribution in [3.8, 4) is 0 Å². The molecule has 1 aliphatic rings. The maximum absolute atomic E-state index is 13.1. The van der Waals surface area contributed by atoms with Gasteiger partial charge in [-0.25, -0.2) is 12.8 Å². The van der Waals surface area contributed by atoms with Gasteiger partial charge in [0, 0.05) is 26.1 Å². The van der Waals surface area contributed by atoms with Crippen molar-refractivity contribution in [2.24, 2.45) is 11.8 Å². The summed E-state index contributed by atoms with van der Waals surface area (Å²) in [6.07, 6.45) is 1.74. The largest absolute Gasteiger partial charge is 0.360 e. The van der Waals surface area contributed by atoms with E-state index in [1.807, 2.05) is 6.92 Å². The molecular formula is C21H28FN3O4S. The highest BCUT2D eigenvalue weighted by Gasteiger charge is 2.38. The van der Waals surface area contributed by atoms with Gasteiger partial charge in [-0.05, 0) is 49.8 Å². The maximum atomic E-state index is 13.1. The monoisotopic (exact) mass is 437 g/mol. The summed E-state index contributed by atoms with van der Waals surface area (Å²) in [5, 5.41) is 6.64. The predicted octanol–water partition coefficient (Wildman–Crippen LogP) is 3.17. The number of hydrogen-bond donors (Lipinski definition) is 1. The Labute approximate surface area is 176 Å². The molecule has 1 N–H and O–H groups in total.